The van der Waals surface area contributed by atoms with Gasteiger partial charge in [0.15, 0.2) is 6.73 Å². The Kier molecular flexibility index (Phi) is 8.92. The fourth-order valence-electron chi connectivity index (χ4n) is 4.20. The van der Waals surface area contributed by atoms with Gasteiger partial charge in [-0.15, -0.1) is 17.7 Å². The number of hydrogen-bond donors (Lipinski definition) is 4. The molecule has 2 fully saturated rings. The van der Waals surface area contributed by atoms with Crippen molar-refractivity contribution in [2.75, 3.05) is 12.4 Å². The van der Waals surface area contributed by atoms with Crippen molar-refractivity contribution in [3.8, 4) is 0 Å². The smallest absolute Gasteiger partial charge is 0.443 e. The highest BCUT2D eigenvalue weighted by Crippen LogP contribution is 2.51. The van der Waals surface area contributed by atoms with Gasteiger partial charge in [0.25, 0.3) is 5.91 Å². The Morgan fingerprint density at radius 3 is 2.56 bits per heavy atom. The Balaban J connectivity index is 1.49. The van der Waals surface area contributed by atoms with Crippen LogP contribution in [0.3, 0.4) is 0 Å². The molecule has 0 spiro atoms. The third-order valence-corrected chi connectivity index (χ3v) is 7.61. The molecule has 0 saturated heterocycles. The first-order chi connectivity index (χ1) is 19.1. The van der Waals surface area contributed by atoms with Crippen LogP contribution in [0.15, 0.2) is 12.1 Å². The van der Waals surface area contributed by atoms with E-state index in [0.717, 1.165) is 35.4 Å². The lowest BCUT2D eigenvalue weighted by molar-refractivity contribution is -0.330. The molecule has 0 aliphatic heterocycles. The average Bonchev–Trinajstić information content (AvgIpc) is 3.18. The maximum Gasteiger partial charge on any atom is 0.571 e. The van der Waals surface area contributed by atoms with Crippen LogP contribution in [0.25, 0.3) is 0 Å². The van der Waals surface area contributed by atoms with Crippen molar-refractivity contribution < 1.29 is 55.5 Å². The maximum absolute atomic E-state index is 14.8. The van der Waals surface area contributed by atoms with E-state index >= 15 is 0 Å². The Labute approximate surface area is 231 Å². The fraction of sp³-hybridized carbons (Fsp3) is 0.636. The lowest BCUT2D eigenvalue weighted by Crippen LogP contribution is -2.38. The van der Waals surface area contributed by atoms with Gasteiger partial charge in [-0.3, -0.25) is 14.2 Å². The minimum atomic E-state index is -4.88. The molecule has 4 N–H and O–H groups in total. The number of halogens is 4. The number of carbonyl (C=O) groups is 2. The summed E-state index contributed by atoms with van der Waals surface area (Å²) < 4.78 is 72.5. The number of carbonyl (C=O) groups excluding carboxylic acids is 2. The van der Waals surface area contributed by atoms with E-state index in [1.54, 1.807) is 0 Å². The van der Waals surface area contributed by atoms with Gasteiger partial charge in [-0.25, -0.2) is 13.9 Å². The van der Waals surface area contributed by atoms with Gasteiger partial charge in [0.1, 0.15) is 30.4 Å². The topological polar surface area (TPSA) is 171 Å². The Morgan fingerprint density at radius 1 is 1.22 bits per heavy atom. The number of ether oxygens (including phenoxy) is 2. The van der Waals surface area contributed by atoms with Crippen molar-refractivity contribution in [3.05, 3.63) is 29.2 Å². The molecular formula is C22H30F4N6O8P+. The third kappa shape index (κ3) is 8.33. The second-order valence-corrected chi connectivity index (χ2v) is 11.6. The first-order valence-electron chi connectivity index (χ1n) is 12.4. The van der Waals surface area contributed by atoms with E-state index < -0.39 is 58.1 Å². The second-order valence-electron chi connectivity index (χ2n) is 10.0. The molecule has 2 amide bonds. The number of amides is 2. The number of aromatic nitrogens is 4. The average molecular weight is 613 g/mol. The van der Waals surface area contributed by atoms with Crippen molar-refractivity contribution >= 4 is 26.0 Å². The number of hydrogen-bond acceptors (Lipinski definition) is 10. The highest BCUT2D eigenvalue weighted by molar-refractivity contribution is 7.54. The zero-order chi connectivity index (χ0) is 30.2. The fourth-order valence-corrected chi connectivity index (χ4v) is 4.57. The van der Waals surface area contributed by atoms with E-state index in [1.165, 1.54) is 13.1 Å². The number of alkyl carbamates (subject to hydrolysis) is 1. The van der Waals surface area contributed by atoms with Crippen LogP contribution in [0, 0.1) is 0 Å². The monoisotopic (exact) mass is 613 g/mol. The third-order valence-electron chi connectivity index (χ3n) is 6.68. The molecule has 0 radical (unpaired) electrons. The highest BCUT2D eigenvalue weighted by atomic mass is 31.2. The van der Waals surface area contributed by atoms with E-state index in [-0.39, 0.29) is 41.3 Å². The Hall–Kier alpha value is -2.89. The molecule has 2 aromatic heterocycles. The number of nitrogens with one attached hydrogen (secondary N) is 2. The van der Waals surface area contributed by atoms with Gasteiger partial charge >= 0.3 is 20.6 Å². The van der Waals surface area contributed by atoms with E-state index in [4.69, 9.17) is 9.26 Å². The van der Waals surface area contributed by atoms with E-state index in [2.05, 4.69) is 30.1 Å². The summed E-state index contributed by atoms with van der Waals surface area (Å²) in [6.07, 6.45) is -6.45. The lowest BCUT2D eigenvalue weighted by Gasteiger charge is -2.17. The van der Waals surface area contributed by atoms with Gasteiger partial charge < -0.3 is 15.4 Å². The zero-order valence-electron chi connectivity index (χ0n) is 22.2. The first-order valence-corrected chi connectivity index (χ1v) is 13.9. The lowest BCUT2D eigenvalue weighted by atomic mass is 10.0. The summed E-state index contributed by atoms with van der Waals surface area (Å²) >= 11 is 0. The summed E-state index contributed by atoms with van der Waals surface area (Å²) in [6, 6.07) is 2.50. The van der Waals surface area contributed by atoms with Crippen LogP contribution in [-0.2, 0) is 38.9 Å². The highest BCUT2D eigenvalue weighted by Gasteiger charge is 2.43. The summed E-state index contributed by atoms with van der Waals surface area (Å²) in [6.45, 7) is 0.334. The molecule has 2 saturated carbocycles. The molecule has 0 bridgehead atoms. The molecule has 41 heavy (non-hydrogen) atoms. The summed E-state index contributed by atoms with van der Waals surface area (Å²) in [5, 5.41) is 13.4. The van der Waals surface area contributed by atoms with E-state index in [1.807, 2.05) is 6.92 Å². The predicted molar refractivity (Wildman–Crippen MR) is 132 cm³/mol. The number of rotatable bonds is 11. The SMILES string of the molecule is CO[P+](O)(O)OCn1nc([C@H]2C[C@@H](F)[C@@H](OC(=O)NC3(C)CC3)C2)cc1NC(=O)c1cc(COC(F)(F)F)nn1C. The van der Waals surface area contributed by atoms with Crippen LogP contribution in [0.1, 0.15) is 60.4 Å². The van der Waals surface area contributed by atoms with Gasteiger partial charge in [-0.2, -0.15) is 24.5 Å². The van der Waals surface area contributed by atoms with Crippen molar-refractivity contribution in [1.29, 1.82) is 0 Å². The number of anilines is 1. The molecule has 4 rings (SSSR count). The molecule has 3 atom stereocenters. The summed E-state index contributed by atoms with van der Waals surface area (Å²) in [7, 11) is -1.86. The summed E-state index contributed by atoms with van der Waals surface area (Å²) in [5.41, 5.74) is -0.341. The molecule has 2 heterocycles. The van der Waals surface area contributed by atoms with Crippen molar-refractivity contribution in [2.45, 2.75) is 76.0 Å². The first kappa shape index (κ1) is 31.1. The molecule has 0 aromatic carbocycles. The molecule has 0 unspecified atom stereocenters. The summed E-state index contributed by atoms with van der Waals surface area (Å²) in [5.74, 6) is -1.35. The molecule has 228 valence electrons. The van der Waals surface area contributed by atoms with Crippen LogP contribution in [0.5, 0.6) is 0 Å². The normalized spacial score (nSPS) is 22.0. The van der Waals surface area contributed by atoms with Crippen LogP contribution in [-0.4, -0.2) is 72.6 Å². The molecule has 2 aliphatic carbocycles. The largest absolute Gasteiger partial charge is 0.571 e. The van der Waals surface area contributed by atoms with Gasteiger partial charge in [-0.05, 0) is 38.7 Å². The quantitative estimate of drug-likeness (QED) is 0.218. The zero-order valence-corrected chi connectivity index (χ0v) is 23.1. The van der Waals surface area contributed by atoms with Crippen LogP contribution < -0.4 is 10.6 Å². The van der Waals surface area contributed by atoms with Gasteiger partial charge in [0.05, 0.1) is 18.5 Å². The molecule has 19 heteroatoms. The van der Waals surface area contributed by atoms with Crippen LogP contribution >= 0.6 is 8.17 Å². The number of aryl methyl sites for hydroxylation is 1. The summed E-state index contributed by atoms with van der Waals surface area (Å²) in [4.78, 5) is 44.6. The second kappa shape index (κ2) is 11.8. The van der Waals surface area contributed by atoms with Gasteiger partial charge in [0, 0.05) is 24.6 Å². The van der Waals surface area contributed by atoms with E-state index in [0.29, 0.717) is 0 Å². The van der Waals surface area contributed by atoms with Crippen LogP contribution in [0.2, 0.25) is 0 Å². The minimum Gasteiger partial charge on any atom is -0.443 e. The standard InChI is InChI=1S/C22H29F4N6O8P/c1-21(4-5-21)28-20(34)40-17-7-12(6-14(17)23)15-9-18(32(30-15)11-39-41(35,36)37-3)27-19(33)16-8-13(29-31(16)2)10-38-22(24,25)26/h8-9,12,14,17,35-36H,4-7,10-11H2,1-3H3,(H-,27,28,30,33,34)/p+1/t12-,14+,17-/m0/s1. The van der Waals surface area contributed by atoms with Crippen LogP contribution in [0.4, 0.5) is 28.2 Å². The minimum absolute atomic E-state index is 0.0189. The van der Waals surface area contributed by atoms with Crippen molar-refractivity contribution in [3.63, 3.8) is 0 Å². The Morgan fingerprint density at radius 2 is 1.93 bits per heavy atom. The Bertz CT molecular complexity index is 1270. The van der Waals surface area contributed by atoms with E-state index in [9.17, 15) is 36.9 Å². The van der Waals surface area contributed by atoms with Gasteiger partial charge in [-0.1, -0.05) is 0 Å². The van der Waals surface area contributed by atoms with Gasteiger partial charge in [0.2, 0.25) is 0 Å². The predicted octanol–water partition coefficient (Wildman–Crippen LogP) is 3.05. The van der Waals surface area contributed by atoms with Crippen molar-refractivity contribution in [1.82, 2.24) is 24.9 Å². The number of alkyl halides is 4. The maximum atomic E-state index is 14.8. The number of nitrogens with zero attached hydrogens (tertiary/aromatic N) is 4. The molecule has 14 nitrogen and oxygen atoms in total. The van der Waals surface area contributed by atoms with Crippen molar-refractivity contribution in [2.24, 2.45) is 7.05 Å². The molecular weight excluding hydrogens is 583 g/mol. The molecule has 2 aliphatic rings. The molecule has 2 aromatic rings.